The highest BCUT2D eigenvalue weighted by atomic mass is 32.2. The van der Waals surface area contributed by atoms with Gasteiger partial charge in [-0.15, -0.1) is 11.8 Å². The molecule has 2 rings (SSSR count). The lowest BCUT2D eigenvalue weighted by molar-refractivity contribution is -0.116. The second-order valence-electron chi connectivity index (χ2n) is 4.76. The van der Waals surface area contributed by atoms with Gasteiger partial charge in [0.25, 0.3) is 0 Å². The number of rotatable bonds is 5. The van der Waals surface area contributed by atoms with Gasteiger partial charge in [-0.3, -0.25) is 4.79 Å². The van der Waals surface area contributed by atoms with Crippen LogP contribution in [-0.2, 0) is 11.2 Å². The molecule has 0 aliphatic heterocycles. The van der Waals surface area contributed by atoms with Crippen molar-refractivity contribution in [1.82, 2.24) is 0 Å². The summed E-state index contributed by atoms with van der Waals surface area (Å²) >= 11 is 1.64. The lowest BCUT2D eigenvalue weighted by Gasteiger charge is -2.06. The Morgan fingerprint density at radius 2 is 1.79 bits per heavy atom. The van der Waals surface area contributed by atoms with E-state index in [9.17, 15) is 4.79 Å². The molecule has 0 fully saturated rings. The Morgan fingerprint density at radius 1 is 1.05 bits per heavy atom. The van der Waals surface area contributed by atoms with Crippen LogP contribution in [0.4, 0.5) is 0 Å². The summed E-state index contributed by atoms with van der Waals surface area (Å²) in [6.07, 6.45) is 0.526. The Kier molecular flexibility index (Phi) is 4.80. The van der Waals surface area contributed by atoms with Crippen LogP contribution < -0.4 is 0 Å². The summed E-state index contributed by atoms with van der Waals surface area (Å²) in [5.74, 6) is 0.816. The number of benzene rings is 2. The van der Waals surface area contributed by atoms with Crippen molar-refractivity contribution in [3.8, 4) is 0 Å². The van der Waals surface area contributed by atoms with Gasteiger partial charge in [-0.1, -0.05) is 48.0 Å². The zero-order valence-electron chi connectivity index (χ0n) is 11.3. The highest BCUT2D eigenvalue weighted by Crippen LogP contribution is 2.23. The molecule has 0 atom stereocenters. The van der Waals surface area contributed by atoms with Gasteiger partial charge in [-0.2, -0.15) is 0 Å². The van der Waals surface area contributed by atoms with Gasteiger partial charge in [0.2, 0.25) is 0 Å². The zero-order valence-corrected chi connectivity index (χ0v) is 12.2. The number of aryl methyl sites for hydroxylation is 2. The molecule has 0 saturated heterocycles. The first-order chi connectivity index (χ1) is 9.15. The van der Waals surface area contributed by atoms with E-state index in [1.165, 1.54) is 16.0 Å². The van der Waals surface area contributed by atoms with Crippen molar-refractivity contribution in [3.63, 3.8) is 0 Å². The van der Waals surface area contributed by atoms with Crippen molar-refractivity contribution in [2.24, 2.45) is 0 Å². The number of carbonyl (C=O) groups excluding carboxylic acids is 1. The molecule has 2 heteroatoms. The van der Waals surface area contributed by atoms with Crippen LogP contribution in [-0.4, -0.2) is 11.5 Å². The molecule has 0 spiro atoms. The van der Waals surface area contributed by atoms with Crippen LogP contribution >= 0.6 is 11.8 Å². The molecule has 98 valence electrons. The minimum atomic E-state index is 0.275. The van der Waals surface area contributed by atoms with Crippen molar-refractivity contribution in [2.45, 2.75) is 25.2 Å². The van der Waals surface area contributed by atoms with Crippen LogP contribution in [0.5, 0.6) is 0 Å². The molecule has 0 radical (unpaired) electrons. The standard InChI is InChI=1S/C17H18OS/c1-13-8-9-14(2)17(10-13)19-12-16(18)11-15-6-4-3-5-7-15/h3-10H,11-12H2,1-2H3. The number of thioether (sulfide) groups is 1. The van der Waals surface area contributed by atoms with E-state index < -0.39 is 0 Å². The van der Waals surface area contributed by atoms with Gasteiger partial charge in [0.15, 0.2) is 0 Å². The number of hydrogen-bond acceptors (Lipinski definition) is 2. The number of carbonyl (C=O) groups is 1. The minimum Gasteiger partial charge on any atom is -0.298 e. The van der Waals surface area contributed by atoms with Crippen LogP contribution in [0.3, 0.4) is 0 Å². The van der Waals surface area contributed by atoms with Gasteiger partial charge in [-0.25, -0.2) is 0 Å². The first-order valence-electron chi connectivity index (χ1n) is 6.41. The van der Waals surface area contributed by atoms with E-state index in [2.05, 4.69) is 32.0 Å². The van der Waals surface area contributed by atoms with E-state index in [1.54, 1.807) is 11.8 Å². The van der Waals surface area contributed by atoms with E-state index in [0.717, 1.165) is 5.56 Å². The first-order valence-corrected chi connectivity index (χ1v) is 7.39. The molecule has 0 bridgehead atoms. The molecule has 0 N–H and O–H groups in total. The van der Waals surface area contributed by atoms with E-state index in [1.807, 2.05) is 30.3 Å². The van der Waals surface area contributed by atoms with Gasteiger partial charge in [0, 0.05) is 11.3 Å². The molecule has 0 aromatic heterocycles. The minimum absolute atomic E-state index is 0.275. The molecular weight excluding hydrogens is 252 g/mol. The Bertz CT molecular complexity index is 561. The van der Waals surface area contributed by atoms with Gasteiger partial charge >= 0.3 is 0 Å². The van der Waals surface area contributed by atoms with Gasteiger partial charge in [0.1, 0.15) is 5.78 Å². The SMILES string of the molecule is Cc1ccc(C)c(SCC(=O)Cc2ccccc2)c1. The second kappa shape index (κ2) is 6.58. The molecule has 19 heavy (non-hydrogen) atoms. The van der Waals surface area contributed by atoms with Crippen LogP contribution in [0.15, 0.2) is 53.4 Å². The molecule has 1 nitrogen and oxygen atoms in total. The third-order valence-corrected chi connectivity index (χ3v) is 4.19. The molecule has 0 unspecified atom stereocenters. The van der Waals surface area contributed by atoms with Crippen molar-refractivity contribution in [1.29, 1.82) is 0 Å². The number of ketones is 1. The molecule has 2 aromatic carbocycles. The van der Waals surface area contributed by atoms with Crippen molar-refractivity contribution >= 4 is 17.5 Å². The average molecular weight is 270 g/mol. The van der Waals surface area contributed by atoms with E-state index in [0.29, 0.717) is 12.2 Å². The normalized spacial score (nSPS) is 10.4. The maximum atomic E-state index is 12.0. The molecule has 2 aromatic rings. The van der Waals surface area contributed by atoms with Crippen molar-refractivity contribution in [3.05, 3.63) is 65.2 Å². The maximum absolute atomic E-state index is 12.0. The summed E-state index contributed by atoms with van der Waals surface area (Å²) in [7, 11) is 0. The smallest absolute Gasteiger partial charge is 0.147 e. The highest BCUT2D eigenvalue weighted by molar-refractivity contribution is 8.00. The largest absolute Gasteiger partial charge is 0.298 e. The second-order valence-corrected chi connectivity index (χ2v) is 5.78. The van der Waals surface area contributed by atoms with Crippen LogP contribution in [0, 0.1) is 13.8 Å². The van der Waals surface area contributed by atoms with Gasteiger partial charge < -0.3 is 0 Å². The Hall–Kier alpha value is -1.54. The fourth-order valence-electron chi connectivity index (χ4n) is 1.90. The summed E-state index contributed by atoms with van der Waals surface area (Å²) in [5, 5.41) is 0. The summed E-state index contributed by atoms with van der Waals surface area (Å²) in [6.45, 7) is 4.17. The van der Waals surface area contributed by atoms with E-state index >= 15 is 0 Å². The first kappa shape index (κ1) is 13.9. The average Bonchev–Trinajstić information content (AvgIpc) is 2.41. The lowest BCUT2D eigenvalue weighted by atomic mass is 10.1. The molecule has 0 saturated carbocycles. The fraction of sp³-hybridized carbons (Fsp3) is 0.235. The highest BCUT2D eigenvalue weighted by Gasteiger charge is 2.06. The lowest BCUT2D eigenvalue weighted by Crippen LogP contribution is -2.05. The fourth-order valence-corrected chi connectivity index (χ4v) is 2.88. The van der Waals surface area contributed by atoms with Crippen LogP contribution in [0.1, 0.15) is 16.7 Å². The van der Waals surface area contributed by atoms with E-state index in [4.69, 9.17) is 0 Å². The summed E-state index contributed by atoms with van der Waals surface area (Å²) in [6, 6.07) is 16.3. The maximum Gasteiger partial charge on any atom is 0.147 e. The third-order valence-electron chi connectivity index (χ3n) is 2.98. The van der Waals surface area contributed by atoms with Gasteiger partial charge in [-0.05, 0) is 31.0 Å². The Labute approximate surface area is 119 Å². The molecule has 0 aliphatic rings. The van der Waals surface area contributed by atoms with Gasteiger partial charge in [0.05, 0.1) is 5.75 Å². The molecule has 0 heterocycles. The quantitative estimate of drug-likeness (QED) is 0.757. The summed E-state index contributed by atoms with van der Waals surface area (Å²) in [4.78, 5) is 13.2. The van der Waals surface area contributed by atoms with Crippen LogP contribution in [0.25, 0.3) is 0 Å². The zero-order chi connectivity index (χ0) is 13.7. The summed E-state index contributed by atoms with van der Waals surface area (Å²) in [5.41, 5.74) is 3.57. The van der Waals surface area contributed by atoms with Crippen molar-refractivity contribution in [2.75, 3.05) is 5.75 Å². The predicted octanol–water partition coefficient (Wildman–Crippen LogP) is 4.21. The molecule has 0 amide bonds. The monoisotopic (exact) mass is 270 g/mol. The molecule has 0 aliphatic carbocycles. The Morgan fingerprint density at radius 3 is 2.53 bits per heavy atom. The molecular formula is C17H18OS. The van der Waals surface area contributed by atoms with E-state index in [-0.39, 0.29) is 5.78 Å². The topological polar surface area (TPSA) is 17.1 Å². The van der Waals surface area contributed by atoms with Crippen molar-refractivity contribution < 1.29 is 4.79 Å². The summed E-state index contributed by atoms with van der Waals surface area (Å²) < 4.78 is 0. The Balaban J connectivity index is 1.92. The van der Waals surface area contributed by atoms with Crippen LogP contribution in [0.2, 0.25) is 0 Å². The number of hydrogen-bond donors (Lipinski definition) is 0. The predicted molar refractivity (Wildman–Crippen MR) is 81.8 cm³/mol. The third kappa shape index (κ3) is 4.25. The number of Topliss-reactive ketones (excluding diaryl/α,β-unsaturated/α-hetero) is 1.